The number of fused-ring (bicyclic) bond motifs is 1. The summed E-state index contributed by atoms with van der Waals surface area (Å²) in [6.45, 7) is 0. The highest BCUT2D eigenvalue weighted by Gasteiger charge is 2.31. The minimum Gasteiger partial charge on any atom is -0.398 e. The van der Waals surface area contributed by atoms with Crippen molar-refractivity contribution >= 4 is 45.5 Å². The van der Waals surface area contributed by atoms with Crippen LogP contribution in [-0.2, 0) is 4.79 Å². The van der Waals surface area contributed by atoms with E-state index in [1.807, 2.05) is 48.5 Å². The number of carbonyl (C=O) groups excluding carboxylic acids is 1. The number of likely N-dealkylation sites (N-methyl/N-ethyl adjacent to an activating group) is 1. The van der Waals surface area contributed by atoms with Crippen molar-refractivity contribution in [1.29, 1.82) is 0 Å². The standard InChI is InChI=1S/C16H13IN2O/c1-19-13-8-3-2-7-12(13)14(16(19)20)15(18)10-5-4-6-11(17)9-10/h2-9H,18H2,1H3/b15-14-. The maximum atomic E-state index is 12.4. The van der Waals surface area contributed by atoms with E-state index in [0.717, 1.165) is 20.4 Å². The molecule has 100 valence electrons. The third-order valence-corrected chi connectivity index (χ3v) is 4.13. The Bertz CT molecular complexity index is 737. The van der Waals surface area contributed by atoms with E-state index in [9.17, 15) is 4.79 Å². The first-order chi connectivity index (χ1) is 9.59. The Labute approximate surface area is 131 Å². The predicted molar refractivity (Wildman–Crippen MR) is 90.0 cm³/mol. The number of hydrogen-bond donors (Lipinski definition) is 1. The molecule has 1 aliphatic heterocycles. The molecular formula is C16H13IN2O. The average Bonchev–Trinajstić information content (AvgIpc) is 2.71. The van der Waals surface area contributed by atoms with Gasteiger partial charge in [0, 0.05) is 16.2 Å². The normalized spacial score (nSPS) is 16.3. The van der Waals surface area contributed by atoms with E-state index in [1.54, 1.807) is 11.9 Å². The van der Waals surface area contributed by atoms with Gasteiger partial charge in [-0.25, -0.2) is 0 Å². The van der Waals surface area contributed by atoms with E-state index < -0.39 is 0 Å². The van der Waals surface area contributed by atoms with Crippen LogP contribution in [0.5, 0.6) is 0 Å². The lowest BCUT2D eigenvalue weighted by molar-refractivity contribution is -0.112. The number of nitrogens with two attached hydrogens (primary N) is 1. The van der Waals surface area contributed by atoms with Crippen LogP contribution in [0.15, 0.2) is 48.5 Å². The highest BCUT2D eigenvalue weighted by atomic mass is 127. The lowest BCUT2D eigenvalue weighted by atomic mass is 10.0. The molecule has 2 aromatic carbocycles. The summed E-state index contributed by atoms with van der Waals surface area (Å²) < 4.78 is 1.09. The molecule has 3 nitrogen and oxygen atoms in total. The summed E-state index contributed by atoms with van der Waals surface area (Å²) in [5.41, 5.74) is 10.1. The molecule has 1 heterocycles. The first-order valence-corrected chi connectivity index (χ1v) is 7.30. The number of amides is 1. The van der Waals surface area contributed by atoms with E-state index in [1.165, 1.54) is 0 Å². The van der Waals surface area contributed by atoms with E-state index in [2.05, 4.69) is 22.6 Å². The second-order valence-electron chi connectivity index (χ2n) is 4.68. The van der Waals surface area contributed by atoms with Crippen LogP contribution in [0, 0.1) is 3.57 Å². The van der Waals surface area contributed by atoms with Gasteiger partial charge in [0.25, 0.3) is 5.91 Å². The molecule has 0 unspecified atom stereocenters. The Kier molecular flexibility index (Phi) is 3.25. The Hall–Kier alpha value is -1.82. The third-order valence-electron chi connectivity index (χ3n) is 3.46. The first kappa shape index (κ1) is 13.2. The molecule has 2 N–H and O–H groups in total. The molecule has 0 aromatic heterocycles. The van der Waals surface area contributed by atoms with Crippen molar-refractivity contribution in [3.05, 3.63) is 63.2 Å². The summed E-state index contributed by atoms with van der Waals surface area (Å²) in [5, 5.41) is 0. The maximum absolute atomic E-state index is 12.4. The van der Waals surface area contributed by atoms with Crippen LogP contribution in [0.4, 0.5) is 5.69 Å². The molecule has 0 saturated carbocycles. The van der Waals surface area contributed by atoms with E-state index in [-0.39, 0.29) is 5.91 Å². The van der Waals surface area contributed by atoms with Crippen LogP contribution < -0.4 is 10.6 Å². The molecule has 0 fully saturated rings. The Morgan fingerprint density at radius 2 is 1.90 bits per heavy atom. The van der Waals surface area contributed by atoms with Gasteiger partial charge in [0.05, 0.1) is 17.0 Å². The Morgan fingerprint density at radius 1 is 1.15 bits per heavy atom. The van der Waals surface area contributed by atoms with Gasteiger partial charge in [0.15, 0.2) is 0 Å². The lowest BCUT2D eigenvalue weighted by Gasteiger charge is -2.09. The highest BCUT2D eigenvalue weighted by Crippen LogP contribution is 2.38. The lowest BCUT2D eigenvalue weighted by Crippen LogP contribution is -2.21. The molecule has 0 radical (unpaired) electrons. The first-order valence-electron chi connectivity index (χ1n) is 6.22. The van der Waals surface area contributed by atoms with Crippen LogP contribution in [0.1, 0.15) is 11.1 Å². The van der Waals surface area contributed by atoms with Gasteiger partial charge < -0.3 is 10.6 Å². The summed E-state index contributed by atoms with van der Waals surface area (Å²) in [6.07, 6.45) is 0. The van der Waals surface area contributed by atoms with Gasteiger partial charge in [-0.3, -0.25) is 4.79 Å². The second kappa shape index (κ2) is 4.94. The largest absolute Gasteiger partial charge is 0.398 e. The number of anilines is 1. The summed E-state index contributed by atoms with van der Waals surface area (Å²) in [5.74, 6) is -0.0532. The monoisotopic (exact) mass is 376 g/mol. The van der Waals surface area contributed by atoms with Crippen molar-refractivity contribution < 1.29 is 4.79 Å². The van der Waals surface area contributed by atoms with Gasteiger partial charge in [-0.05, 0) is 46.4 Å². The van der Waals surface area contributed by atoms with Crippen molar-refractivity contribution in [2.45, 2.75) is 0 Å². The van der Waals surface area contributed by atoms with Crippen molar-refractivity contribution in [3.63, 3.8) is 0 Å². The molecule has 2 aromatic rings. The zero-order valence-electron chi connectivity index (χ0n) is 10.9. The Balaban J connectivity index is 2.23. The average molecular weight is 376 g/mol. The zero-order chi connectivity index (χ0) is 14.3. The van der Waals surface area contributed by atoms with E-state index in [0.29, 0.717) is 11.3 Å². The number of para-hydroxylation sites is 1. The topological polar surface area (TPSA) is 46.3 Å². The van der Waals surface area contributed by atoms with Crippen LogP contribution >= 0.6 is 22.6 Å². The summed E-state index contributed by atoms with van der Waals surface area (Å²) in [7, 11) is 1.77. The molecule has 0 atom stereocenters. The summed E-state index contributed by atoms with van der Waals surface area (Å²) in [4.78, 5) is 14.1. The molecule has 1 amide bonds. The number of benzene rings is 2. The molecule has 0 saturated heterocycles. The van der Waals surface area contributed by atoms with Crippen molar-refractivity contribution in [2.24, 2.45) is 5.73 Å². The quantitative estimate of drug-likeness (QED) is 0.614. The number of rotatable bonds is 1. The fourth-order valence-corrected chi connectivity index (χ4v) is 2.97. The SMILES string of the molecule is CN1C(=O)/C(=C(\N)c2cccc(I)c2)c2ccccc21. The van der Waals surface area contributed by atoms with Gasteiger partial charge >= 0.3 is 0 Å². The van der Waals surface area contributed by atoms with E-state index in [4.69, 9.17) is 5.73 Å². The second-order valence-corrected chi connectivity index (χ2v) is 5.93. The fraction of sp³-hybridized carbons (Fsp3) is 0.0625. The zero-order valence-corrected chi connectivity index (χ0v) is 13.1. The minimum atomic E-state index is -0.0532. The molecule has 3 rings (SSSR count). The van der Waals surface area contributed by atoms with Crippen molar-refractivity contribution in [1.82, 2.24) is 0 Å². The van der Waals surface area contributed by atoms with Crippen LogP contribution in [0.3, 0.4) is 0 Å². The number of carbonyl (C=O) groups is 1. The van der Waals surface area contributed by atoms with Crippen molar-refractivity contribution in [2.75, 3.05) is 11.9 Å². The smallest absolute Gasteiger partial charge is 0.260 e. The molecule has 0 aliphatic carbocycles. The molecule has 4 heteroatoms. The third kappa shape index (κ3) is 2.00. The molecule has 1 aliphatic rings. The Morgan fingerprint density at radius 3 is 2.65 bits per heavy atom. The molecule has 0 spiro atoms. The van der Waals surface area contributed by atoms with Gasteiger partial charge in [-0.1, -0.05) is 30.3 Å². The van der Waals surface area contributed by atoms with Crippen LogP contribution in [-0.4, -0.2) is 13.0 Å². The number of halogens is 1. The highest BCUT2D eigenvalue weighted by molar-refractivity contribution is 14.1. The molecule has 20 heavy (non-hydrogen) atoms. The number of nitrogens with zero attached hydrogens (tertiary/aromatic N) is 1. The maximum Gasteiger partial charge on any atom is 0.260 e. The summed E-state index contributed by atoms with van der Waals surface area (Å²) in [6, 6.07) is 15.6. The van der Waals surface area contributed by atoms with Gasteiger partial charge in [-0.15, -0.1) is 0 Å². The van der Waals surface area contributed by atoms with Crippen LogP contribution in [0.2, 0.25) is 0 Å². The fourth-order valence-electron chi connectivity index (χ4n) is 2.43. The van der Waals surface area contributed by atoms with Gasteiger partial charge in [0.2, 0.25) is 0 Å². The molecular weight excluding hydrogens is 363 g/mol. The van der Waals surface area contributed by atoms with Crippen molar-refractivity contribution in [3.8, 4) is 0 Å². The predicted octanol–water partition coefficient (Wildman–Crippen LogP) is 3.09. The van der Waals surface area contributed by atoms with Crippen LogP contribution in [0.25, 0.3) is 11.3 Å². The van der Waals surface area contributed by atoms with E-state index >= 15 is 0 Å². The van der Waals surface area contributed by atoms with Gasteiger partial charge in [0.1, 0.15) is 0 Å². The number of hydrogen-bond acceptors (Lipinski definition) is 2. The summed E-state index contributed by atoms with van der Waals surface area (Å²) >= 11 is 2.24. The molecule has 0 bridgehead atoms. The minimum absolute atomic E-state index is 0.0532. The van der Waals surface area contributed by atoms with Gasteiger partial charge in [-0.2, -0.15) is 0 Å².